The van der Waals surface area contributed by atoms with Crippen molar-refractivity contribution in [3.05, 3.63) is 71.9 Å². The fraction of sp³-hybridized carbons (Fsp3) is 0.125. The molecule has 1 N–H and O–H groups in total. The van der Waals surface area contributed by atoms with E-state index >= 15 is 0 Å². The van der Waals surface area contributed by atoms with Crippen molar-refractivity contribution >= 4 is 5.91 Å². The Bertz CT molecular complexity index is 877. The minimum Gasteiger partial charge on any atom is -0.345 e. The predicted molar refractivity (Wildman–Crippen MR) is 81.8 cm³/mol. The molecule has 1 amide bonds. The quantitative estimate of drug-likeness (QED) is 0.787. The largest absolute Gasteiger partial charge is 0.416 e. The lowest BCUT2D eigenvalue weighted by Gasteiger charge is -2.10. The molecule has 0 aliphatic heterocycles. The SMILES string of the molecule is O=C(NCc1cccc(C(F)(F)F)c1)c1ncnn1-c1ccccn1. The maximum atomic E-state index is 12.7. The number of aromatic nitrogens is 4. The van der Waals surface area contributed by atoms with E-state index in [1.54, 1.807) is 24.4 Å². The molecular weight excluding hydrogens is 335 g/mol. The van der Waals surface area contributed by atoms with Gasteiger partial charge in [-0.05, 0) is 29.8 Å². The first-order chi connectivity index (χ1) is 11.9. The Balaban J connectivity index is 1.74. The molecule has 0 atom stereocenters. The van der Waals surface area contributed by atoms with E-state index in [4.69, 9.17) is 0 Å². The second-order valence-corrected chi connectivity index (χ2v) is 5.06. The van der Waals surface area contributed by atoms with Gasteiger partial charge in [-0.2, -0.15) is 23.0 Å². The normalized spacial score (nSPS) is 11.3. The molecule has 0 fully saturated rings. The van der Waals surface area contributed by atoms with E-state index in [-0.39, 0.29) is 12.4 Å². The van der Waals surface area contributed by atoms with E-state index in [2.05, 4.69) is 20.4 Å². The summed E-state index contributed by atoms with van der Waals surface area (Å²) >= 11 is 0. The fourth-order valence-corrected chi connectivity index (χ4v) is 2.16. The van der Waals surface area contributed by atoms with Crippen molar-refractivity contribution in [1.82, 2.24) is 25.1 Å². The van der Waals surface area contributed by atoms with E-state index < -0.39 is 17.6 Å². The highest BCUT2D eigenvalue weighted by molar-refractivity contribution is 5.91. The van der Waals surface area contributed by atoms with Crippen molar-refractivity contribution in [3.8, 4) is 5.82 Å². The van der Waals surface area contributed by atoms with Crippen molar-refractivity contribution in [3.63, 3.8) is 0 Å². The third-order valence-corrected chi connectivity index (χ3v) is 3.32. The zero-order valence-corrected chi connectivity index (χ0v) is 12.7. The first kappa shape index (κ1) is 16.6. The maximum absolute atomic E-state index is 12.7. The molecule has 0 aliphatic carbocycles. The molecule has 2 heterocycles. The number of hydrogen-bond acceptors (Lipinski definition) is 4. The van der Waals surface area contributed by atoms with Gasteiger partial charge in [-0.25, -0.2) is 9.97 Å². The van der Waals surface area contributed by atoms with Gasteiger partial charge in [0.15, 0.2) is 5.82 Å². The van der Waals surface area contributed by atoms with Gasteiger partial charge in [0.25, 0.3) is 5.91 Å². The summed E-state index contributed by atoms with van der Waals surface area (Å²) in [5.41, 5.74) is -0.442. The number of carbonyl (C=O) groups excluding carboxylic acids is 1. The lowest BCUT2D eigenvalue weighted by Crippen LogP contribution is -2.26. The number of hydrogen-bond donors (Lipinski definition) is 1. The average Bonchev–Trinajstić information content (AvgIpc) is 3.10. The Hall–Kier alpha value is -3.23. The number of halogens is 3. The van der Waals surface area contributed by atoms with E-state index in [9.17, 15) is 18.0 Å². The Labute approximate surface area is 140 Å². The molecular formula is C16H12F3N5O. The van der Waals surface area contributed by atoms with E-state index in [1.165, 1.54) is 23.1 Å². The van der Waals surface area contributed by atoms with Crippen LogP contribution in [-0.4, -0.2) is 25.7 Å². The molecule has 0 saturated heterocycles. The van der Waals surface area contributed by atoms with Crippen molar-refractivity contribution in [1.29, 1.82) is 0 Å². The maximum Gasteiger partial charge on any atom is 0.416 e. The summed E-state index contributed by atoms with van der Waals surface area (Å²) in [5, 5.41) is 6.48. The summed E-state index contributed by atoms with van der Waals surface area (Å²) in [4.78, 5) is 20.2. The van der Waals surface area contributed by atoms with Crippen molar-refractivity contribution in [2.75, 3.05) is 0 Å². The Morgan fingerprint density at radius 2 is 1.96 bits per heavy atom. The Kier molecular flexibility index (Phi) is 4.46. The topological polar surface area (TPSA) is 72.7 Å². The molecule has 0 bridgehead atoms. The van der Waals surface area contributed by atoms with Gasteiger partial charge in [0.1, 0.15) is 6.33 Å². The van der Waals surface area contributed by atoms with Crippen LogP contribution in [0.3, 0.4) is 0 Å². The molecule has 6 nitrogen and oxygen atoms in total. The van der Waals surface area contributed by atoms with Gasteiger partial charge in [0.05, 0.1) is 5.56 Å². The highest BCUT2D eigenvalue weighted by Crippen LogP contribution is 2.29. The molecule has 1 aromatic carbocycles. The molecule has 0 spiro atoms. The van der Waals surface area contributed by atoms with E-state index in [0.29, 0.717) is 11.4 Å². The molecule has 128 valence electrons. The smallest absolute Gasteiger partial charge is 0.345 e. The highest BCUT2D eigenvalue weighted by Gasteiger charge is 2.30. The number of nitrogens with one attached hydrogen (secondary N) is 1. The molecule has 9 heteroatoms. The lowest BCUT2D eigenvalue weighted by molar-refractivity contribution is -0.137. The van der Waals surface area contributed by atoms with E-state index in [1.807, 2.05) is 0 Å². The van der Waals surface area contributed by atoms with Gasteiger partial charge in [-0.3, -0.25) is 4.79 Å². The number of alkyl halides is 3. The second kappa shape index (κ2) is 6.71. The van der Waals surface area contributed by atoms with Gasteiger partial charge in [-0.15, -0.1) is 0 Å². The van der Waals surface area contributed by atoms with Gasteiger partial charge in [-0.1, -0.05) is 18.2 Å². The average molecular weight is 347 g/mol. The third kappa shape index (κ3) is 3.82. The molecule has 3 aromatic rings. The van der Waals surface area contributed by atoms with Crippen LogP contribution in [0, 0.1) is 0 Å². The minimum atomic E-state index is -4.43. The first-order valence-corrected chi connectivity index (χ1v) is 7.21. The molecule has 0 aliphatic rings. The van der Waals surface area contributed by atoms with Crippen LogP contribution in [-0.2, 0) is 12.7 Å². The molecule has 0 saturated carbocycles. The summed E-state index contributed by atoms with van der Waals surface area (Å²) < 4.78 is 39.4. The third-order valence-electron chi connectivity index (χ3n) is 3.32. The number of benzene rings is 1. The van der Waals surface area contributed by atoms with Crippen molar-refractivity contribution < 1.29 is 18.0 Å². The molecule has 0 unspecified atom stereocenters. The monoisotopic (exact) mass is 347 g/mol. The van der Waals surface area contributed by atoms with Gasteiger partial charge in [0, 0.05) is 12.7 Å². The minimum absolute atomic E-state index is 0.00863. The predicted octanol–water partition coefficient (Wildman–Crippen LogP) is 2.61. The van der Waals surface area contributed by atoms with Crippen molar-refractivity contribution in [2.45, 2.75) is 12.7 Å². The van der Waals surface area contributed by atoms with Crippen LogP contribution < -0.4 is 5.32 Å². The number of carbonyl (C=O) groups is 1. The fourth-order valence-electron chi connectivity index (χ4n) is 2.16. The van der Waals surface area contributed by atoms with Crippen LogP contribution in [0.1, 0.15) is 21.7 Å². The summed E-state index contributed by atoms with van der Waals surface area (Å²) in [6, 6.07) is 9.85. The summed E-state index contributed by atoms with van der Waals surface area (Å²) in [5.74, 6) is -0.171. The van der Waals surface area contributed by atoms with Gasteiger partial charge < -0.3 is 5.32 Å². The number of rotatable bonds is 4. The summed E-state index contributed by atoms with van der Waals surface area (Å²) in [6.45, 7) is -0.0716. The Morgan fingerprint density at radius 3 is 2.68 bits per heavy atom. The molecule has 2 aromatic heterocycles. The Morgan fingerprint density at radius 1 is 1.12 bits per heavy atom. The van der Waals surface area contributed by atoms with Crippen LogP contribution in [0.4, 0.5) is 13.2 Å². The lowest BCUT2D eigenvalue weighted by atomic mass is 10.1. The van der Waals surface area contributed by atoms with Crippen LogP contribution in [0.2, 0.25) is 0 Å². The number of nitrogens with zero attached hydrogens (tertiary/aromatic N) is 4. The van der Waals surface area contributed by atoms with E-state index in [0.717, 1.165) is 12.1 Å². The van der Waals surface area contributed by atoms with Gasteiger partial charge >= 0.3 is 6.18 Å². The zero-order valence-electron chi connectivity index (χ0n) is 12.7. The molecule has 0 radical (unpaired) electrons. The summed E-state index contributed by atoms with van der Waals surface area (Å²) in [6.07, 6.45) is -1.69. The molecule has 3 rings (SSSR count). The highest BCUT2D eigenvalue weighted by atomic mass is 19.4. The van der Waals surface area contributed by atoms with Crippen LogP contribution in [0.25, 0.3) is 5.82 Å². The van der Waals surface area contributed by atoms with Crippen LogP contribution in [0.5, 0.6) is 0 Å². The molecule has 25 heavy (non-hydrogen) atoms. The first-order valence-electron chi connectivity index (χ1n) is 7.21. The zero-order chi connectivity index (χ0) is 17.9. The standard InChI is InChI=1S/C16H12F3N5O/c17-16(18,19)12-5-3-4-11(8-12)9-21-15(25)14-22-10-23-24(14)13-6-1-2-7-20-13/h1-8,10H,9H2,(H,21,25). The van der Waals surface area contributed by atoms with Crippen LogP contribution in [0.15, 0.2) is 55.0 Å². The van der Waals surface area contributed by atoms with Gasteiger partial charge in [0.2, 0.25) is 5.82 Å². The van der Waals surface area contributed by atoms with Crippen LogP contribution >= 0.6 is 0 Å². The second-order valence-electron chi connectivity index (χ2n) is 5.06. The number of pyridine rings is 1. The number of amides is 1. The van der Waals surface area contributed by atoms with Crippen molar-refractivity contribution in [2.24, 2.45) is 0 Å². The summed E-state index contributed by atoms with van der Waals surface area (Å²) in [7, 11) is 0.